The zero-order chi connectivity index (χ0) is 12.5. The summed E-state index contributed by atoms with van der Waals surface area (Å²) in [5.41, 5.74) is -0.0893. The minimum atomic E-state index is -4.37. The van der Waals surface area contributed by atoms with Crippen molar-refractivity contribution in [1.82, 2.24) is 0 Å². The Morgan fingerprint density at radius 3 is 2.44 bits per heavy atom. The highest BCUT2D eigenvalue weighted by Crippen LogP contribution is 2.27. The van der Waals surface area contributed by atoms with Gasteiger partial charge in [-0.1, -0.05) is 17.7 Å². The molecule has 0 fully saturated rings. The van der Waals surface area contributed by atoms with E-state index in [1.807, 2.05) is 0 Å². The maximum atomic E-state index is 12.1. The Kier molecular flexibility index (Phi) is 3.48. The first kappa shape index (κ1) is 12.8. The van der Waals surface area contributed by atoms with E-state index in [0.717, 1.165) is 6.07 Å². The third-order valence-corrected chi connectivity index (χ3v) is 2.45. The largest absolute Gasteiger partial charge is 0.478 e. The molecule has 1 aromatic rings. The summed E-state index contributed by atoms with van der Waals surface area (Å²) in [5.74, 6) is -1.34. The Hall–Kier alpha value is -1.23. The normalized spacial score (nSPS) is 11.6. The molecule has 0 spiro atoms. The van der Waals surface area contributed by atoms with Crippen LogP contribution in [0.1, 0.15) is 21.5 Å². The second-order valence-corrected chi connectivity index (χ2v) is 3.75. The number of alkyl halides is 3. The van der Waals surface area contributed by atoms with Crippen LogP contribution in [0.25, 0.3) is 0 Å². The van der Waals surface area contributed by atoms with E-state index >= 15 is 0 Å². The molecule has 0 saturated carbocycles. The van der Waals surface area contributed by atoms with Crippen molar-refractivity contribution in [3.8, 4) is 0 Å². The smallest absolute Gasteiger partial charge is 0.393 e. The molecule has 0 unspecified atom stereocenters. The van der Waals surface area contributed by atoms with Crippen LogP contribution >= 0.6 is 11.6 Å². The van der Waals surface area contributed by atoms with Crippen molar-refractivity contribution in [2.24, 2.45) is 0 Å². The van der Waals surface area contributed by atoms with Gasteiger partial charge in [-0.15, -0.1) is 0 Å². The van der Waals surface area contributed by atoms with Crippen LogP contribution in [0, 0.1) is 6.92 Å². The third kappa shape index (κ3) is 3.13. The topological polar surface area (TPSA) is 37.3 Å². The monoisotopic (exact) mass is 252 g/mol. The van der Waals surface area contributed by atoms with E-state index in [0.29, 0.717) is 5.56 Å². The van der Waals surface area contributed by atoms with E-state index in [-0.39, 0.29) is 16.1 Å². The number of rotatable bonds is 2. The van der Waals surface area contributed by atoms with Gasteiger partial charge in [-0.25, -0.2) is 4.79 Å². The second-order valence-electron chi connectivity index (χ2n) is 3.37. The van der Waals surface area contributed by atoms with Crippen molar-refractivity contribution < 1.29 is 23.1 Å². The fourth-order valence-electron chi connectivity index (χ4n) is 1.33. The molecule has 1 rings (SSSR count). The Labute approximate surface area is 94.6 Å². The van der Waals surface area contributed by atoms with Gasteiger partial charge in [0.1, 0.15) is 0 Å². The molecule has 1 aromatic carbocycles. The summed E-state index contributed by atoms with van der Waals surface area (Å²) < 4.78 is 36.4. The number of carboxylic acids is 1. The zero-order valence-corrected chi connectivity index (χ0v) is 8.99. The van der Waals surface area contributed by atoms with Gasteiger partial charge in [0, 0.05) is 0 Å². The fourth-order valence-corrected chi connectivity index (χ4v) is 1.52. The van der Waals surface area contributed by atoms with E-state index in [2.05, 4.69) is 0 Å². The van der Waals surface area contributed by atoms with Crippen LogP contribution in [0.15, 0.2) is 12.1 Å². The molecule has 0 saturated heterocycles. The maximum absolute atomic E-state index is 12.1. The fraction of sp³-hybridized carbons (Fsp3) is 0.300. The lowest BCUT2D eigenvalue weighted by atomic mass is 10.0. The van der Waals surface area contributed by atoms with E-state index in [1.165, 1.54) is 13.0 Å². The lowest BCUT2D eigenvalue weighted by Gasteiger charge is -2.10. The van der Waals surface area contributed by atoms with Crippen LogP contribution in [0.2, 0.25) is 5.02 Å². The molecule has 88 valence electrons. The van der Waals surface area contributed by atoms with E-state index in [4.69, 9.17) is 16.7 Å². The third-order valence-electron chi connectivity index (χ3n) is 1.95. The number of carbonyl (C=O) groups is 1. The number of halogens is 4. The van der Waals surface area contributed by atoms with Crippen LogP contribution in [0.5, 0.6) is 0 Å². The summed E-state index contributed by atoms with van der Waals surface area (Å²) >= 11 is 5.67. The molecule has 16 heavy (non-hydrogen) atoms. The first-order valence-corrected chi connectivity index (χ1v) is 4.67. The van der Waals surface area contributed by atoms with Gasteiger partial charge >= 0.3 is 12.1 Å². The summed E-state index contributed by atoms with van der Waals surface area (Å²) in [6.45, 7) is 1.47. The molecule has 0 aromatic heterocycles. The molecule has 0 aliphatic rings. The molecule has 0 bridgehead atoms. The molecule has 0 aliphatic carbocycles. The molecule has 6 heteroatoms. The molecule has 1 N–H and O–H groups in total. The highest BCUT2D eigenvalue weighted by Gasteiger charge is 2.28. The van der Waals surface area contributed by atoms with Crippen molar-refractivity contribution in [2.75, 3.05) is 0 Å². The van der Waals surface area contributed by atoms with Crippen molar-refractivity contribution in [3.05, 3.63) is 33.8 Å². The van der Waals surface area contributed by atoms with Gasteiger partial charge in [-0.3, -0.25) is 0 Å². The molecule has 2 nitrogen and oxygen atoms in total. The predicted octanol–water partition coefficient (Wildman–Crippen LogP) is 3.45. The Morgan fingerprint density at radius 2 is 2.00 bits per heavy atom. The molecule has 0 radical (unpaired) electrons. The van der Waals surface area contributed by atoms with Crippen LogP contribution < -0.4 is 0 Å². The van der Waals surface area contributed by atoms with Crippen molar-refractivity contribution in [1.29, 1.82) is 0 Å². The Balaban J connectivity index is 3.19. The quantitative estimate of drug-likeness (QED) is 0.875. The Bertz CT molecular complexity index is 427. The van der Waals surface area contributed by atoms with Crippen molar-refractivity contribution >= 4 is 17.6 Å². The molecule has 0 atom stereocenters. The first-order valence-electron chi connectivity index (χ1n) is 4.30. The minimum absolute atomic E-state index is 0.0292. The lowest BCUT2D eigenvalue weighted by molar-refractivity contribution is -0.127. The van der Waals surface area contributed by atoms with Crippen LogP contribution in [-0.2, 0) is 6.42 Å². The van der Waals surface area contributed by atoms with Gasteiger partial charge in [0.2, 0.25) is 0 Å². The number of hydrogen-bond acceptors (Lipinski definition) is 1. The van der Waals surface area contributed by atoms with Crippen LogP contribution in [0.4, 0.5) is 13.2 Å². The highest BCUT2D eigenvalue weighted by molar-refractivity contribution is 6.34. The van der Waals surface area contributed by atoms with Crippen LogP contribution in [0.3, 0.4) is 0 Å². The van der Waals surface area contributed by atoms with E-state index < -0.39 is 18.6 Å². The van der Waals surface area contributed by atoms with Gasteiger partial charge < -0.3 is 5.11 Å². The lowest BCUT2D eigenvalue weighted by Crippen LogP contribution is -2.12. The van der Waals surface area contributed by atoms with Gasteiger partial charge in [-0.05, 0) is 24.1 Å². The molecule has 0 heterocycles. The first-order chi connectivity index (χ1) is 7.20. The van der Waals surface area contributed by atoms with Crippen molar-refractivity contribution in [3.63, 3.8) is 0 Å². The van der Waals surface area contributed by atoms with Gasteiger partial charge in [0.05, 0.1) is 17.0 Å². The molecule has 0 aliphatic heterocycles. The number of carboxylic acid groups (broad SMARTS) is 1. The average molecular weight is 253 g/mol. The molecule has 0 amide bonds. The van der Waals surface area contributed by atoms with E-state index in [1.54, 1.807) is 0 Å². The summed E-state index contributed by atoms with van der Waals surface area (Å²) in [4.78, 5) is 10.7. The minimum Gasteiger partial charge on any atom is -0.478 e. The summed E-state index contributed by atoms with van der Waals surface area (Å²) in [6, 6.07) is 2.19. The summed E-state index contributed by atoms with van der Waals surface area (Å²) in [7, 11) is 0. The second kappa shape index (κ2) is 4.33. The predicted molar refractivity (Wildman–Crippen MR) is 52.9 cm³/mol. The maximum Gasteiger partial charge on any atom is 0.393 e. The highest BCUT2D eigenvalue weighted by atomic mass is 35.5. The average Bonchev–Trinajstić information content (AvgIpc) is 2.07. The number of aryl methyl sites for hydroxylation is 1. The number of benzene rings is 1. The Morgan fingerprint density at radius 1 is 1.44 bits per heavy atom. The van der Waals surface area contributed by atoms with Gasteiger partial charge in [0.25, 0.3) is 0 Å². The van der Waals surface area contributed by atoms with E-state index in [9.17, 15) is 18.0 Å². The standard InChI is InChI=1S/C10H8ClF3O2/c1-5-2-6(4-10(12,13)14)3-7(8(5)11)9(15)16/h2-3H,4H2,1H3,(H,15,16). The van der Waals surface area contributed by atoms with Gasteiger partial charge in [-0.2, -0.15) is 13.2 Å². The SMILES string of the molecule is Cc1cc(CC(F)(F)F)cc(C(=O)O)c1Cl. The summed E-state index contributed by atoms with van der Waals surface area (Å²) in [5, 5.41) is 8.72. The van der Waals surface area contributed by atoms with Crippen LogP contribution in [-0.4, -0.2) is 17.3 Å². The number of aromatic carboxylic acids is 1. The molecular formula is C10H8ClF3O2. The summed E-state index contributed by atoms with van der Waals surface area (Å²) in [6.07, 6.45) is -5.53. The van der Waals surface area contributed by atoms with Crippen molar-refractivity contribution in [2.45, 2.75) is 19.5 Å². The molecular weight excluding hydrogens is 245 g/mol. The zero-order valence-electron chi connectivity index (χ0n) is 8.23. The number of hydrogen-bond donors (Lipinski definition) is 1. The van der Waals surface area contributed by atoms with Gasteiger partial charge in [0.15, 0.2) is 0 Å².